The molecule has 0 fully saturated rings. The third-order valence-corrected chi connectivity index (χ3v) is 2.13. The van der Waals surface area contributed by atoms with Crippen LogP contribution in [0, 0.1) is 12.7 Å². The number of imidazole rings is 1. The third kappa shape index (κ3) is 1.83. The van der Waals surface area contributed by atoms with Crippen molar-refractivity contribution in [3.8, 4) is 17.1 Å². The van der Waals surface area contributed by atoms with Gasteiger partial charge in [-0.05, 0) is 19.1 Å². The van der Waals surface area contributed by atoms with Crippen molar-refractivity contribution in [1.29, 1.82) is 0 Å². The molecule has 3 nitrogen and oxygen atoms in total. The van der Waals surface area contributed by atoms with E-state index >= 15 is 0 Å². The van der Waals surface area contributed by atoms with Crippen LogP contribution in [0.5, 0.6) is 5.75 Å². The van der Waals surface area contributed by atoms with Gasteiger partial charge in [-0.3, -0.25) is 0 Å². The smallest absolute Gasteiger partial charge is 0.140 e. The Morgan fingerprint density at radius 1 is 1.40 bits per heavy atom. The molecule has 2 aromatic rings. The maximum absolute atomic E-state index is 13.6. The van der Waals surface area contributed by atoms with E-state index in [1.165, 1.54) is 13.2 Å². The summed E-state index contributed by atoms with van der Waals surface area (Å²) in [6.07, 6.45) is 1.67. The lowest BCUT2D eigenvalue weighted by Gasteiger charge is -2.02. The molecule has 4 heteroatoms. The average molecular weight is 206 g/mol. The summed E-state index contributed by atoms with van der Waals surface area (Å²) >= 11 is 0. The molecular weight excluding hydrogens is 195 g/mol. The number of H-pyrrole nitrogens is 1. The van der Waals surface area contributed by atoms with E-state index in [1.54, 1.807) is 18.3 Å². The van der Waals surface area contributed by atoms with E-state index in [9.17, 15) is 4.39 Å². The Bertz CT molecular complexity index is 479. The molecule has 0 amide bonds. The van der Waals surface area contributed by atoms with Gasteiger partial charge in [-0.25, -0.2) is 9.37 Å². The van der Waals surface area contributed by atoms with Gasteiger partial charge in [0.2, 0.25) is 0 Å². The Hall–Kier alpha value is -1.84. The fraction of sp³-hybridized carbons (Fsp3) is 0.182. The zero-order valence-corrected chi connectivity index (χ0v) is 8.54. The normalized spacial score (nSPS) is 10.3. The van der Waals surface area contributed by atoms with Gasteiger partial charge in [0.1, 0.15) is 17.4 Å². The molecule has 0 aliphatic heterocycles. The first-order chi connectivity index (χ1) is 7.20. The zero-order chi connectivity index (χ0) is 10.8. The third-order valence-electron chi connectivity index (χ3n) is 2.13. The van der Waals surface area contributed by atoms with Crippen molar-refractivity contribution in [1.82, 2.24) is 9.97 Å². The van der Waals surface area contributed by atoms with Gasteiger partial charge < -0.3 is 9.72 Å². The molecule has 0 bridgehead atoms. The number of halogens is 1. The molecule has 0 unspecified atom stereocenters. The predicted octanol–water partition coefficient (Wildman–Crippen LogP) is 2.53. The molecule has 0 saturated carbocycles. The van der Waals surface area contributed by atoms with E-state index in [0.29, 0.717) is 17.1 Å². The van der Waals surface area contributed by atoms with Crippen molar-refractivity contribution in [2.24, 2.45) is 0 Å². The van der Waals surface area contributed by atoms with Gasteiger partial charge in [0.25, 0.3) is 0 Å². The van der Waals surface area contributed by atoms with Crippen LogP contribution in [0.25, 0.3) is 11.4 Å². The lowest BCUT2D eigenvalue weighted by atomic mass is 10.2. The minimum atomic E-state index is -0.344. The number of aryl methyl sites for hydroxylation is 1. The minimum absolute atomic E-state index is 0.344. The van der Waals surface area contributed by atoms with Crippen molar-refractivity contribution in [2.75, 3.05) is 7.11 Å². The average Bonchev–Trinajstić information content (AvgIpc) is 2.64. The molecule has 1 heterocycles. The number of rotatable bonds is 2. The lowest BCUT2D eigenvalue weighted by molar-refractivity contribution is 0.411. The standard InChI is InChI=1S/C11H11FN2O/c1-7-6-13-11(14-7)9-4-3-8(15-2)5-10(9)12/h3-6H,1-2H3,(H,13,14). The summed E-state index contributed by atoms with van der Waals surface area (Å²) in [6.45, 7) is 1.87. The van der Waals surface area contributed by atoms with Gasteiger partial charge in [0.05, 0.1) is 12.7 Å². The second kappa shape index (κ2) is 3.73. The highest BCUT2D eigenvalue weighted by molar-refractivity contribution is 5.57. The van der Waals surface area contributed by atoms with Gasteiger partial charge in [-0.2, -0.15) is 0 Å². The first-order valence-corrected chi connectivity index (χ1v) is 4.56. The van der Waals surface area contributed by atoms with Gasteiger partial charge >= 0.3 is 0 Å². The molecule has 2 rings (SSSR count). The Morgan fingerprint density at radius 3 is 2.73 bits per heavy atom. The molecular formula is C11H11FN2O. The van der Waals surface area contributed by atoms with Gasteiger partial charge in [0, 0.05) is 18.0 Å². The monoisotopic (exact) mass is 206 g/mol. The molecule has 0 saturated heterocycles. The summed E-state index contributed by atoms with van der Waals surface area (Å²) in [5, 5.41) is 0. The van der Waals surface area contributed by atoms with Crippen molar-refractivity contribution in [3.05, 3.63) is 35.9 Å². The first-order valence-electron chi connectivity index (χ1n) is 4.56. The van der Waals surface area contributed by atoms with E-state index in [2.05, 4.69) is 9.97 Å². The van der Waals surface area contributed by atoms with Gasteiger partial charge in [-0.1, -0.05) is 0 Å². The number of nitrogens with one attached hydrogen (secondary N) is 1. The highest BCUT2D eigenvalue weighted by Crippen LogP contribution is 2.23. The molecule has 1 aromatic carbocycles. The summed E-state index contributed by atoms with van der Waals surface area (Å²) in [7, 11) is 1.51. The first kappa shape index (κ1) is 9.71. The van der Waals surface area contributed by atoms with Crippen LogP contribution in [0.1, 0.15) is 5.69 Å². The van der Waals surface area contributed by atoms with Crippen LogP contribution in [0.2, 0.25) is 0 Å². The van der Waals surface area contributed by atoms with Crippen LogP contribution in [0.4, 0.5) is 4.39 Å². The number of methoxy groups -OCH3 is 1. The number of aromatic nitrogens is 2. The van der Waals surface area contributed by atoms with Crippen LogP contribution in [0.15, 0.2) is 24.4 Å². The Balaban J connectivity index is 2.45. The van der Waals surface area contributed by atoms with Crippen LogP contribution in [0.3, 0.4) is 0 Å². The van der Waals surface area contributed by atoms with Gasteiger partial charge in [-0.15, -0.1) is 0 Å². The van der Waals surface area contributed by atoms with Crippen molar-refractivity contribution in [2.45, 2.75) is 6.92 Å². The largest absolute Gasteiger partial charge is 0.497 e. The summed E-state index contributed by atoms with van der Waals surface area (Å²) < 4.78 is 18.5. The Labute approximate surface area is 86.9 Å². The van der Waals surface area contributed by atoms with E-state index in [4.69, 9.17) is 4.74 Å². The molecule has 0 radical (unpaired) electrons. The van der Waals surface area contributed by atoms with Crippen LogP contribution < -0.4 is 4.74 Å². The van der Waals surface area contributed by atoms with E-state index in [-0.39, 0.29) is 5.82 Å². The fourth-order valence-corrected chi connectivity index (χ4v) is 1.36. The second-order valence-electron chi connectivity index (χ2n) is 3.26. The van der Waals surface area contributed by atoms with Crippen molar-refractivity contribution in [3.63, 3.8) is 0 Å². The number of ether oxygens (including phenoxy) is 1. The number of nitrogens with zero attached hydrogens (tertiary/aromatic N) is 1. The molecule has 0 atom stereocenters. The molecule has 0 aliphatic rings. The van der Waals surface area contributed by atoms with E-state index < -0.39 is 0 Å². The van der Waals surface area contributed by atoms with Crippen molar-refractivity contribution < 1.29 is 9.13 Å². The molecule has 1 N–H and O–H groups in total. The van der Waals surface area contributed by atoms with E-state index in [1.807, 2.05) is 6.92 Å². The van der Waals surface area contributed by atoms with E-state index in [0.717, 1.165) is 5.69 Å². The van der Waals surface area contributed by atoms with Crippen LogP contribution in [-0.2, 0) is 0 Å². The quantitative estimate of drug-likeness (QED) is 0.819. The Morgan fingerprint density at radius 2 is 2.20 bits per heavy atom. The summed E-state index contributed by atoms with van der Waals surface area (Å²) in [5.41, 5.74) is 1.35. The summed E-state index contributed by atoms with van der Waals surface area (Å²) in [5.74, 6) is 0.691. The molecule has 15 heavy (non-hydrogen) atoms. The summed E-state index contributed by atoms with van der Waals surface area (Å²) in [6, 6.07) is 4.69. The highest BCUT2D eigenvalue weighted by atomic mass is 19.1. The predicted molar refractivity (Wildman–Crippen MR) is 55.3 cm³/mol. The number of benzene rings is 1. The van der Waals surface area contributed by atoms with Gasteiger partial charge in [0.15, 0.2) is 0 Å². The fourth-order valence-electron chi connectivity index (χ4n) is 1.36. The summed E-state index contributed by atoms with van der Waals surface area (Å²) in [4.78, 5) is 7.04. The minimum Gasteiger partial charge on any atom is -0.497 e. The number of hydrogen-bond acceptors (Lipinski definition) is 2. The number of aromatic amines is 1. The maximum atomic E-state index is 13.6. The number of hydrogen-bond donors (Lipinski definition) is 1. The van der Waals surface area contributed by atoms with Crippen LogP contribution >= 0.6 is 0 Å². The SMILES string of the molecule is COc1ccc(-c2ncc(C)[nH]2)c(F)c1. The maximum Gasteiger partial charge on any atom is 0.140 e. The molecule has 78 valence electrons. The lowest BCUT2D eigenvalue weighted by Crippen LogP contribution is -1.89. The molecule has 0 spiro atoms. The molecule has 0 aliphatic carbocycles. The van der Waals surface area contributed by atoms with Crippen LogP contribution in [-0.4, -0.2) is 17.1 Å². The second-order valence-corrected chi connectivity index (χ2v) is 3.26. The Kier molecular flexibility index (Phi) is 2.41. The topological polar surface area (TPSA) is 37.9 Å². The zero-order valence-electron chi connectivity index (χ0n) is 8.54. The molecule has 1 aromatic heterocycles. The van der Waals surface area contributed by atoms with Crippen molar-refractivity contribution >= 4 is 0 Å². The highest BCUT2D eigenvalue weighted by Gasteiger charge is 2.08.